The first-order chi connectivity index (χ1) is 10.6. The molecule has 0 radical (unpaired) electrons. The number of benzene rings is 1. The largest absolute Gasteiger partial charge is 0.381 e. The topological polar surface area (TPSA) is 85.9 Å². The number of nitro groups is 1. The lowest BCUT2D eigenvalue weighted by atomic mass is 10.2. The van der Waals surface area contributed by atoms with Gasteiger partial charge in [-0.1, -0.05) is 23.2 Å². The van der Waals surface area contributed by atoms with E-state index in [-0.39, 0.29) is 15.7 Å². The van der Waals surface area contributed by atoms with Crippen molar-refractivity contribution in [2.24, 2.45) is 0 Å². The fraction of sp³-hybridized carbons (Fsp3) is 0.385. The predicted molar refractivity (Wildman–Crippen MR) is 83.6 cm³/mol. The maximum Gasteiger partial charge on any atom is 0.272 e. The summed E-state index contributed by atoms with van der Waals surface area (Å²) in [6, 6.07) is 2.56. The molecule has 1 fully saturated rings. The van der Waals surface area contributed by atoms with Crippen molar-refractivity contribution in [3.05, 3.63) is 44.4 Å². The van der Waals surface area contributed by atoms with Crippen LogP contribution in [0.2, 0.25) is 10.0 Å². The summed E-state index contributed by atoms with van der Waals surface area (Å²) in [6.45, 7) is 1.23. The number of hydrogen-bond donors (Lipinski definition) is 1. The molecule has 22 heavy (non-hydrogen) atoms. The Bertz CT molecular complexity index is 691. The number of hydrogen-bond acceptors (Lipinski definition) is 5. The number of halogens is 2. The SMILES string of the molecule is O=[N+]([O-])c1cc(Cl)c(NCCn2cnnc2C2CC2)c(Cl)c1. The average molecular weight is 342 g/mol. The van der Waals surface area contributed by atoms with Gasteiger partial charge in [-0.2, -0.15) is 0 Å². The molecule has 0 unspecified atom stereocenters. The van der Waals surface area contributed by atoms with E-state index < -0.39 is 4.92 Å². The van der Waals surface area contributed by atoms with E-state index in [1.807, 2.05) is 4.57 Å². The standard InChI is InChI=1S/C13H13Cl2N5O2/c14-10-5-9(20(21)22)6-11(15)12(10)16-3-4-19-7-17-18-13(19)8-1-2-8/h5-8,16H,1-4H2. The molecule has 116 valence electrons. The van der Waals surface area contributed by atoms with Crippen molar-refractivity contribution in [2.75, 3.05) is 11.9 Å². The second-order valence-corrected chi connectivity index (χ2v) is 5.94. The third-order valence-corrected chi connectivity index (χ3v) is 4.08. The van der Waals surface area contributed by atoms with Crippen LogP contribution in [0.5, 0.6) is 0 Å². The number of nitro benzene ring substituents is 1. The zero-order chi connectivity index (χ0) is 15.7. The van der Waals surface area contributed by atoms with Gasteiger partial charge < -0.3 is 9.88 Å². The predicted octanol–water partition coefficient (Wildman–Crippen LogP) is 3.48. The van der Waals surface area contributed by atoms with E-state index in [9.17, 15) is 10.1 Å². The monoisotopic (exact) mass is 341 g/mol. The summed E-state index contributed by atoms with van der Waals surface area (Å²) < 4.78 is 2.00. The number of nitrogens with one attached hydrogen (secondary N) is 1. The molecule has 0 spiro atoms. The maximum atomic E-state index is 10.7. The second-order valence-electron chi connectivity index (χ2n) is 5.13. The minimum Gasteiger partial charge on any atom is -0.381 e. The molecule has 0 saturated heterocycles. The van der Waals surface area contributed by atoms with E-state index in [2.05, 4.69) is 15.5 Å². The molecule has 1 aliphatic rings. The van der Waals surface area contributed by atoms with E-state index in [0.717, 1.165) is 18.7 Å². The fourth-order valence-electron chi connectivity index (χ4n) is 2.23. The highest BCUT2D eigenvalue weighted by molar-refractivity contribution is 6.39. The smallest absolute Gasteiger partial charge is 0.272 e. The summed E-state index contributed by atoms with van der Waals surface area (Å²) in [6.07, 6.45) is 4.02. The molecule has 1 aromatic heterocycles. The molecule has 1 aliphatic carbocycles. The first-order valence-corrected chi connectivity index (χ1v) is 7.57. The number of non-ortho nitro benzene ring substituents is 1. The van der Waals surface area contributed by atoms with Crippen LogP contribution in [0.1, 0.15) is 24.6 Å². The van der Waals surface area contributed by atoms with E-state index in [1.165, 1.54) is 12.1 Å². The molecule has 1 saturated carbocycles. The van der Waals surface area contributed by atoms with Gasteiger partial charge in [0.2, 0.25) is 0 Å². The van der Waals surface area contributed by atoms with Gasteiger partial charge in [0.15, 0.2) is 0 Å². The van der Waals surface area contributed by atoms with Crippen LogP contribution >= 0.6 is 23.2 Å². The molecular formula is C13H13Cl2N5O2. The Morgan fingerprint density at radius 2 is 2.05 bits per heavy atom. The summed E-state index contributed by atoms with van der Waals surface area (Å²) in [4.78, 5) is 10.2. The van der Waals surface area contributed by atoms with E-state index in [4.69, 9.17) is 23.2 Å². The van der Waals surface area contributed by atoms with E-state index in [0.29, 0.717) is 24.7 Å². The zero-order valence-corrected chi connectivity index (χ0v) is 13.0. The van der Waals surface area contributed by atoms with Gasteiger partial charge in [0.1, 0.15) is 12.2 Å². The number of rotatable bonds is 6. The minimum absolute atomic E-state index is 0.129. The highest BCUT2D eigenvalue weighted by Gasteiger charge is 2.28. The van der Waals surface area contributed by atoms with Crippen LogP contribution < -0.4 is 5.32 Å². The molecule has 2 aromatic rings. The average Bonchev–Trinajstić information content (AvgIpc) is 3.21. The Balaban J connectivity index is 1.66. The van der Waals surface area contributed by atoms with Crippen molar-refractivity contribution >= 4 is 34.6 Å². The lowest BCUT2D eigenvalue weighted by Crippen LogP contribution is -2.12. The quantitative estimate of drug-likeness (QED) is 0.642. The van der Waals surface area contributed by atoms with Crippen molar-refractivity contribution in [1.82, 2.24) is 14.8 Å². The Morgan fingerprint density at radius 3 is 2.64 bits per heavy atom. The third-order valence-electron chi connectivity index (χ3n) is 3.48. The van der Waals surface area contributed by atoms with Crippen molar-refractivity contribution < 1.29 is 4.92 Å². The second kappa shape index (κ2) is 6.10. The molecule has 0 aliphatic heterocycles. The van der Waals surface area contributed by atoms with Gasteiger partial charge >= 0.3 is 0 Å². The molecular weight excluding hydrogens is 329 g/mol. The lowest BCUT2D eigenvalue weighted by molar-refractivity contribution is -0.384. The zero-order valence-electron chi connectivity index (χ0n) is 11.5. The van der Waals surface area contributed by atoms with Gasteiger partial charge in [-0.15, -0.1) is 10.2 Å². The van der Waals surface area contributed by atoms with Crippen molar-refractivity contribution in [3.8, 4) is 0 Å². The Labute approximate surface area is 136 Å². The number of nitrogens with zero attached hydrogens (tertiary/aromatic N) is 4. The number of aromatic nitrogens is 3. The van der Waals surface area contributed by atoms with E-state index in [1.54, 1.807) is 6.33 Å². The third kappa shape index (κ3) is 3.15. The van der Waals surface area contributed by atoms with Crippen LogP contribution in [0.25, 0.3) is 0 Å². The van der Waals surface area contributed by atoms with Crippen LogP contribution in [-0.4, -0.2) is 26.2 Å². The molecule has 1 N–H and O–H groups in total. The number of anilines is 1. The molecule has 9 heteroatoms. The molecule has 0 bridgehead atoms. The summed E-state index contributed by atoms with van der Waals surface area (Å²) >= 11 is 12.1. The lowest BCUT2D eigenvalue weighted by Gasteiger charge is -2.11. The summed E-state index contributed by atoms with van der Waals surface area (Å²) in [5.41, 5.74) is 0.366. The van der Waals surface area contributed by atoms with Gasteiger partial charge in [-0.3, -0.25) is 10.1 Å². The van der Waals surface area contributed by atoms with Crippen molar-refractivity contribution in [1.29, 1.82) is 0 Å². The van der Waals surface area contributed by atoms with Crippen molar-refractivity contribution in [3.63, 3.8) is 0 Å². The van der Waals surface area contributed by atoms with Crippen LogP contribution in [0.15, 0.2) is 18.5 Å². The first-order valence-electron chi connectivity index (χ1n) is 6.81. The highest BCUT2D eigenvalue weighted by Crippen LogP contribution is 2.38. The Morgan fingerprint density at radius 1 is 1.36 bits per heavy atom. The van der Waals surface area contributed by atoms with Gasteiger partial charge in [0, 0.05) is 31.1 Å². The van der Waals surface area contributed by atoms with Gasteiger partial charge in [-0.25, -0.2) is 0 Å². The molecule has 3 rings (SSSR count). The van der Waals surface area contributed by atoms with Crippen molar-refractivity contribution in [2.45, 2.75) is 25.3 Å². The normalized spacial score (nSPS) is 14.1. The van der Waals surface area contributed by atoms with Gasteiger partial charge in [0.05, 0.1) is 20.7 Å². The Kier molecular flexibility index (Phi) is 4.17. The first kappa shape index (κ1) is 15.1. The molecule has 1 aromatic carbocycles. The minimum atomic E-state index is -0.527. The van der Waals surface area contributed by atoms with Crippen LogP contribution in [0.4, 0.5) is 11.4 Å². The molecule has 7 nitrogen and oxygen atoms in total. The fourth-order valence-corrected chi connectivity index (χ4v) is 2.84. The van der Waals surface area contributed by atoms with Crippen LogP contribution in [-0.2, 0) is 6.54 Å². The summed E-state index contributed by atoms with van der Waals surface area (Å²) in [5.74, 6) is 1.52. The summed E-state index contributed by atoms with van der Waals surface area (Å²) in [7, 11) is 0. The van der Waals surface area contributed by atoms with Crippen LogP contribution in [0.3, 0.4) is 0 Å². The van der Waals surface area contributed by atoms with E-state index >= 15 is 0 Å². The van der Waals surface area contributed by atoms with Gasteiger partial charge in [0.25, 0.3) is 5.69 Å². The highest BCUT2D eigenvalue weighted by atomic mass is 35.5. The molecule has 0 amide bonds. The molecule has 1 heterocycles. The Hall–Kier alpha value is -1.86. The maximum absolute atomic E-state index is 10.7. The summed E-state index contributed by atoms with van der Waals surface area (Å²) in [5, 5.41) is 22.4. The van der Waals surface area contributed by atoms with Crippen LogP contribution in [0, 0.1) is 10.1 Å². The molecule has 0 atom stereocenters. The van der Waals surface area contributed by atoms with Gasteiger partial charge in [-0.05, 0) is 12.8 Å².